The van der Waals surface area contributed by atoms with Crippen molar-refractivity contribution in [1.29, 1.82) is 0 Å². The summed E-state index contributed by atoms with van der Waals surface area (Å²) in [6, 6.07) is 15.7. The number of hydrazone groups is 1. The summed E-state index contributed by atoms with van der Waals surface area (Å²) >= 11 is 0. The fourth-order valence-electron chi connectivity index (χ4n) is 3.16. The van der Waals surface area contributed by atoms with Gasteiger partial charge in [-0.25, -0.2) is 18.2 Å². The maximum Gasteiger partial charge on any atom is 0.264 e. The average molecular weight is 502 g/mol. The zero-order valence-corrected chi connectivity index (χ0v) is 20.1. The number of sulfonamides is 1. The minimum atomic E-state index is -4.11. The highest BCUT2D eigenvalue weighted by Crippen LogP contribution is 2.37. The molecule has 0 fully saturated rings. The van der Waals surface area contributed by atoms with Crippen LogP contribution in [0.25, 0.3) is 0 Å². The zero-order valence-electron chi connectivity index (χ0n) is 19.3. The lowest BCUT2D eigenvalue weighted by atomic mass is 10.2. The van der Waals surface area contributed by atoms with Crippen LogP contribution in [0.1, 0.15) is 5.56 Å². The van der Waals surface area contributed by atoms with Crippen molar-refractivity contribution in [2.24, 2.45) is 5.10 Å². The van der Waals surface area contributed by atoms with E-state index in [0.717, 1.165) is 16.4 Å². The molecule has 0 radical (unpaired) electrons. The molecular formula is C24H24FN3O6S. The lowest BCUT2D eigenvalue weighted by Crippen LogP contribution is -2.39. The second-order valence-corrected chi connectivity index (χ2v) is 8.92. The van der Waals surface area contributed by atoms with Crippen molar-refractivity contribution in [3.8, 4) is 17.2 Å². The molecule has 3 rings (SSSR count). The van der Waals surface area contributed by atoms with Gasteiger partial charge in [0, 0.05) is 5.56 Å². The topological polar surface area (TPSA) is 107 Å². The number of nitrogens with zero attached hydrogens (tertiary/aromatic N) is 2. The van der Waals surface area contributed by atoms with Gasteiger partial charge in [-0.2, -0.15) is 5.10 Å². The van der Waals surface area contributed by atoms with Gasteiger partial charge in [-0.3, -0.25) is 9.10 Å². The Hall–Kier alpha value is -4.12. The van der Waals surface area contributed by atoms with E-state index in [1.165, 1.54) is 51.8 Å². The van der Waals surface area contributed by atoms with E-state index >= 15 is 0 Å². The fourth-order valence-corrected chi connectivity index (χ4v) is 4.60. The van der Waals surface area contributed by atoms with Crippen molar-refractivity contribution in [2.45, 2.75) is 4.90 Å². The fraction of sp³-hybridized carbons (Fsp3) is 0.167. The first-order valence-corrected chi connectivity index (χ1v) is 11.7. The molecule has 1 N–H and O–H groups in total. The maximum absolute atomic E-state index is 13.4. The number of hydrogen-bond acceptors (Lipinski definition) is 7. The second-order valence-electron chi connectivity index (χ2n) is 7.05. The molecule has 0 saturated carbocycles. The smallest absolute Gasteiger partial charge is 0.264 e. The molecule has 0 atom stereocenters. The number of rotatable bonds is 10. The SMILES string of the molecule is COc1cc(/C=N\NC(=O)CN(c2ccc(F)cc2)S(=O)(=O)c2ccccc2)cc(OC)c1OC. The minimum absolute atomic E-state index is 0.0157. The molecule has 184 valence electrons. The maximum atomic E-state index is 13.4. The number of halogens is 1. The van der Waals surface area contributed by atoms with Crippen molar-refractivity contribution in [3.63, 3.8) is 0 Å². The molecule has 0 heterocycles. The van der Waals surface area contributed by atoms with Gasteiger partial charge in [0.1, 0.15) is 12.4 Å². The Kier molecular flexibility index (Phi) is 8.26. The summed E-state index contributed by atoms with van der Waals surface area (Å²) in [6.07, 6.45) is 1.34. The van der Waals surface area contributed by atoms with Gasteiger partial charge in [-0.05, 0) is 48.5 Å². The molecule has 9 nitrogen and oxygen atoms in total. The molecule has 0 saturated heterocycles. The lowest BCUT2D eigenvalue weighted by Gasteiger charge is -2.23. The van der Waals surface area contributed by atoms with Crippen molar-refractivity contribution >= 4 is 27.8 Å². The summed E-state index contributed by atoms with van der Waals surface area (Å²) in [7, 11) is 0.302. The molecule has 0 aliphatic heterocycles. The van der Waals surface area contributed by atoms with E-state index in [1.807, 2.05) is 0 Å². The van der Waals surface area contributed by atoms with Gasteiger partial charge in [0.15, 0.2) is 11.5 Å². The molecule has 11 heteroatoms. The standard InChI is InChI=1S/C24H24FN3O6S/c1-32-21-13-17(14-22(33-2)24(21)34-3)15-26-27-23(29)16-28(19-11-9-18(25)10-12-19)35(30,31)20-7-5-4-6-8-20/h4-15H,16H2,1-3H3,(H,27,29)/b26-15-. The number of anilines is 1. The predicted octanol–water partition coefficient (Wildman–Crippen LogP) is 3.20. The first kappa shape index (κ1) is 25.5. The van der Waals surface area contributed by atoms with Crippen LogP contribution in [0.2, 0.25) is 0 Å². The van der Waals surface area contributed by atoms with Gasteiger partial charge in [0.2, 0.25) is 5.75 Å². The molecular weight excluding hydrogens is 477 g/mol. The summed E-state index contributed by atoms with van der Waals surface area (Å²) in [5.41, 5.74) is 2.97. The number of carbonyl (C=O) groups is 1. The summed E-state index contributed by atoms with van der Waals surface area (Å²) in [4.78, 5) is 12.6. The van der Waals surface area contributed by atoms with E-state index < -0.39 is 28.3 Å². The molecule has 1 amide bonds. The number of benzene rings is 3. The van der Waals surface area contributed by atoms with Crippen LogP contribution in [0, 0.1) is 5.82 Å². The molecule has 0 spiro atoms. The van der Waals surface area contributed by atoms with Gasteiger partial charge in [0.25, 0.3) is 15.9 Å². The van der Waals surface area contributed by atoms with Crippen LogP contribution in [0.3, 0.4) is 0 Å². The molecule has 0 aliphatic carbocycles. The molecule has 35 heavy (non-hydrogen) atoms. The Balaban J connectivity index is 1.82. The van der Waals surface area contributed by atoms with Crippen molar-refractivity contribution < 1.29 is 31.8 Å². The van der Waals surface area contributed by atoms with Crippen molar-refractivity contribution in [1.82, 2.24) is 5.43 Å². The Morgan fingerprint density at radius 2 is 1.57 bits per heavy atom. The van der Waals surface area contributed by atoms with Crippen molar-refractivity contribution in [2.75, 3.05) is 32.2 Å². The molecule has 3 aromatic rings. The Morgan fingerprint density at radius 3 is 2.11 bits per heavy atom. The molecule has 0 unspecified atom stereocenters. The number of nitrogens with one attached hydrogen (secondary N) is 1. The Morgan fingerprint density at radius 1 is 0.971 bits per heavy atom. The lowest BCUT2D eigenvalue weighted by molar-refractivity contribution is -0.119. The normalized spacial score (nSPS) is 11.2. The number of hydrogen-bond donors (Lipinski definition) is 1. The number of ether oxygens (including phenoxy) is 3. The average Bonchev–Trinajstić information content (AvgIpc) is 2.87. The monoisotopic (exact) mass is 501 g/mol. The third-order valence-electron chi connectivity index (χ3n) is 4.82. The zero-order chi connectivity index (χ0) is 25.4. The summed E-state index contributed by atoms with van der Waals surface area (Å²) in [5.74, 6) is -0.0490. The second kappa shape index (κ2) is 11.3. The van der Waals surface area contributed by atoms with Crippen LogP contribution in [-0.4, -0.2) is 48.4 Å². The quantitative estimate of drug-likeness (QED) is 0.338. The van der Waals surface area contributed by atoms with E-state index in [9.17, 15) is 17.6 Å². The summed E-state index contributed by atoms with van der Waals surface area (Å²) in [6.45, 7) is -0.588. The number of carbonyl (C=O) groups excluding carboxylic acids is 1. The van der Waals surface area contributed by atoms with Crippen LogP contribution in [0.5, 0.6) is 17.2 Å². The Labute approximate surface area is 202 Å². The highest BCUT2D eigenvalue weighted by atomic mass is 32.2. The highest BCUT2D eigenvalue weighted by molar-refractivity contribution is 7.92. The van der Waals surface area contributed by atoms with E-state index in [0.29, 0.717) is 22.8 Å². The van der Waals surface area contributed by atoms with Crippen LogP contribution >= 0.6 is 0 Å². The first-order chi connectivity index (χ1) is 16.8. The van der Waals surface area contributed by atoms with Crippen molar-refractivity contribution in [3.05, 3.63) is 78.1 Å². The van der Waals surface area contributed by atoms with E-state index in [-0.39, 0.29) is 10.6 Å². The first-order valence-electron chi connectivity index (χ1n) is 10.3. The van der Waals surface area contributed by atoms with Crippen LogP contribution in [0.4, 0.5) is 10.1 Å². The molecule has 0 aromatic heterocycles. The van der Waals surface area contributed by atoms with Crippen LogP contribution in [-0.2, 0) is 14.8 Å². The van der Waals surface area contributed by atoms with Gasteiger partial charge >= 0.3 is 0 Å². The molecule has 0 bridgehead atoms. The van der Waals surface area contributed by atoms with Crippen LogP contribution in [0.15, 0.2) is 76.7 Å². The third-order valence-corrected chi connectivity index (χ3v) is 6.61. The minimum Gasteiger partial charge on any atom is -0.493 e. The molecule has 0 aliphatic rings. The van der Waals surface area contributed by atoms with Gasteiger partial charge < -0.3 is 14.2 Å². The van der Waals surface area contributed by atoms with Gasteiger partial charge in [-0.15, -0.1) is 0 Å². The van der Waals surface area contributed by atoms with E-state index in [2.05, 4.69) is 10.5 Å². The predicted molar refractivity (Wildman–Crippen MR) is 129 cm³/mol. The number of methoxy groups -OCH3 is 3. The van der Waals surface area contributed by atoms with E-state index in [1.54, 1.807) is 30.3 Å². The summed E-state index contributed by atoms with van der Waals surface area (Å²) < 4.78 is 56.6. The van der Waals surface area contributed by atoms with Gasteiger partial charge in [-0.1, -0.05) is 18.2 Å². The Bertz CT molecular complexity index is 1270. The molecule has 3 aromatic carbocycles. The largest absolute Gasteiger partial charge is 0.493 e. The highest BCUT2D eigenvalue weighted by Gasteiger charge is 2.27. The van der Waals surface area contributed by atoms with E-state index in [4.69, 9.17) is 14.2 Å². The third kappa shape index (κ3) is 6.07. The van der Waals surface area contributed by atoms with Gasteiger partial charge in [0.05, 0.1) is 38.1 Å². The van der Waals surface area contributed by atoms with Crippen LogP contribution < -0.4 is 23.9 Å². The summed E-state index contributed by atoms with van der Waals surface area (Å²) in [5, 5.41) is 3.91. The number of amides is 1.